The Morgan fingerprint density at radius 3 is 2.00 bits per heavy atom. The Labute approximate surface area is 189 Å². The molecule has 1 unspecified atom stereocenters. The molecule has 1 aliphatic carbocycles. The number of hydrogen-bond acceptors (Lipinski definition) is 15. The van der Waals surface area contributed by atoms with Gasteiger partial charge in [-0.25, -0.2) is 0 Å². The Morgan fingerprint density at radius 1 is 0.788 bits per heavy atom. The maximum Gasteiger partial charge on any atom is 0.187 e. The summed E-state index contributed by atoms with van der Waals surface area (Å²) in [5, 5.41) is 70.5. The average molecular weight is 485 g/mol. The van der Waals surface area contributed by atoms with Crippen LogP contribution in [0.1, 0.15) is 6.42 Å². The van der Waals surface area contributed by atoms with Crippen LogP contribution in [-0.4, -0.2) is 141 Å². The molecule has 0 aromatic carbocycles. The van der Waals surface area contributed by atoms with Crippen LogP contribution in [-0.2, 0) is 18.9 Å². The van der Waals surface area contributed by atoms with Crippen LogP contribution >= 0.6 is 0 Å². The van der Waals surface area contributed by atoms with Gasteiger partial charge in [0.2, 0.25) is 0 Å². The van der Waals surface area contributed by atoms with Crippen molar-refractivity contribution in [2.75, 3.05) is 13.2 Å². The van der Waals surface area contributed by atoms with E-state index >= 15 is 0 Å². The van der Waals surface area contributed by atoms with Gasteiger partial charge < -0.3 is 77.6 Å². The minimum Gasteiger partial charge on any atom is -0.394 e. The van der Waals surface area contributed by atoms with Crippen molar-refractivity contribution in [2.24, 2.45) is 22.9 Å². The summed E-state index contributed by atoms with van der Waals surface area (Å²) in [6.07, 6.45) is -16.4. The fourth-order valence-corrected chi connectivity index (χ4v) is 4.39. The summed E-state index contributed by atoms with van der Waals surface area (Å²) >= 11 is 0. The molecule has 2 saturated heterocycles. The van der Waals surface area contributed by atoms with E-state index in [9.17, 15) is 35.7 Å². The zero-order valence-electron chi connectivity index (χ0n) is 17.9. The van der Waals surface area contributed by atoms with Crippen molar-refractivity contribution in [2.45, 2.75) is 98.2 Å². The van der Waals surface area contributed by atoms with E-state index in [2.05, 4.69) is 0 Å². The Kier molecular flexibility index (Phi) is 8.99. The molecule has 194 valence electrons. The minimum atomic E-state index is -1.61. The third-order valence-electron chi connectivity index (χ3n) is 6.45. The number of hydrogen-bond donors (Lipinski definition) is 11. The number of aliphatic hydroxyl groups is 7. The maximum absolute atomic E-state index is 10.7. The van der Waals surface area contributed by atoms with E-state index in [1.807, 2.05) is 0 Å². The predicted octanol–water partition coefficient (Wildman–Crippen LogP) is -7.29. The second-order valence-electron chi connectivity index (χ2n) is 8.79. The second-order valence-corrected chi connectivity index (χ2v) is 8.79. The van der Waals surface area contributed by atoms with Gasteiger partial charge in [0.25, 0.3) is 0 Å². The van der Waals surface area contributed by atoms with Crippen molar-refractivity contribution in [3.05, 3.63) is 0 Å². The lowest BCUT2D eigenvalue weighted by Gasteiger charge is -2.47. The van der Waals surface area contributed by atoms with E-state index in [0.717, 1.165) is 0 Å². The molecule has 2 heterocycles. The van der Waals surface area contributed by atoms with Gasteiger partial charge in [0.1, 0.15) is 54.9 Å². The summed E-state index contributed by atoms with van der Waals surface area (Å²) in [6, 6.07) is -2.95. The first-order valence-corrected chi connectivity index (χ1v) is 10.8. The normalized spacial score (nSPS) is 52.1. The molecule has 3 rings (SSSR count). The van der Waals surface area contributed by atoms with Crippen LogP contribution in [0.15, 0.2) is 0 Å². The second kappa shape index (κ2) is 11.0. The third-order valence-corrected chi connectivity index (χ3v) is 6.45. The molecule has 0 spiro atoms. The third kappa shape index (κ3) is 5.32. The Morgan fingerprint density at radius 2 is 1.42 bits per heavy atom. The summed E-state index contributed by atoms with van der Waals surface area (Å²) in [5.41, 5.74) is 23.6. The monoisotopic (exact) mass is 484 g/mol. The quantitative estimate of drug-likeness (QED) is 0.160. The topological polar surface area (TPSA) is 283 Å². The molecule has 0 radical (unpaired) electrons. The van der Waals surface area contributed by atoms with Crippen LogP contribution < -0.4 is 22.9 Å². The molecule has 15 N–H and O–H groups in total. The van der Waals surface area contributed by atoms with Gasteiger partial charge in [-0.2, -0.15) is 0 Å². The number of rotatable bonds is 7. The molecule has 2 aliphatic heterocycles. The van der Waals surface area contributed by atoms with E-state index in [1.54, 1.807) is 0 Å². The van der Waals surface area contributed by atoms with Crippen LogP contribution in [0, 0.1) is 0 Å². The Balaban J connectivity index is 1.79. The van der Waals surface area contributed by atoms with Crippen molar-refractivity contribution in [3.63, 3.8) is 0 Å². The SMILES string of the molecule is NC[C@H]1O[C@@H](O[C@@H]2[C@@H](O)[C@H](N)C[C@H](N)[C@H]2O[C@H]2O[C@H](C(O)CO)[C@@H](O)[C@H](O)[C@H]2N)[C@@H](O)[C@H]1O. The largest absolute Gasteiger partial charge is 0.394 e. The van der Waals surface area contributed by atoms with Crippen molar-refractivity contribution in [1.29, 1.82) is 0 Å². The minimum absolute atomic E-state index is 0.0934. The van der Waals surface area contributed by atoms with Crippen LogP contribution in [0.3, 0.4) is 0 Å². The summed E-state index contributed by atoms with van der Waals surface area (Å²) in [4.78, 5) is 0. The molecular weight excluding hydrogens is 448 g/mol. The first-order chi connectivity index (χ1) is 15.5. The van der Waals surface area contributed by atoms with Gasteiger partial charge in [-0.3, -0.25) is 0 Å². The molecule has 3 aliphatic rings. The zero-order valence-corrected chi connectivity index (χ0v) is 17.9. The van der Waals surface area contributed by atoms with Gasteiger partial charge in [-0.05, 0) is 6.42 Å². The highest BCUT2D eigenvalue weighted by atomic mass is 16.7. The number of nitrogens with two attached hydrogens (primary N) is 4. The van der Waals surface area contributed by atoms with Gasteiger partial charge in [-0.15, -0.1) is 0 Å². The molecule has 33 heavy (non-hydrogen) atoms. The highest BCUT2D eigenvalue weighted by molar-refractivity contribution is 5.02. The Bertz CT molecular complexity index is 638. The molecule has 0 aromatic heterocycles. The van der Waals surface area contributed by atoms with Crippen LogP contribution in [0.5, 0.6) is 0 Å². The summed E-state index contributed by atoms with van der Waals surface area (Å²) < 4.78 is 22.5. The van der Waals surface area contributed by atoms with E-state index in [-0.39, 0.29) is 13.0 Å². The van der Waals surface area contributed by atoms with Gasteiger partial charge >= 0.3 is 0 Å². The highest BCUT2D eigenvalue weighted by Crippen LogP contribution is 2.32. The molecule has 15 nitrogen and oxygen atoms in total. The van der Waals surface area contributed by atoms with Crippen molar-refractivity contribution in [1.82, 2.24) is 0 Å². The number of ether oxygens (including phenoxy) is 4. The standard InChI is InChI=1S/C18H36N4O11/c19-2-7-10(26)13(29)18(30-7)33-16-9(25)4(20)1-5(21)14(16)31-17-8(22)11(27)12(28)15(32-17)6(24)3-23/h4-18,23-29H,1-3,19-22H2/t4-,5+,6?,7-,8-,9+,10+,11-,12+,13+,14-,15-,16-,17+,18+/m1/s1. The van der Waals surface area contributed by atoms with Crippen LogP contribution in [0.2, 0.25) is 0 Å². The molecular formula is C18H36N4O11. The van der Waals surface area contributed by atoms with Crippen molar-refractivity contribution >= 4 is 0 Å². The van der Waals surface area contributed by atoms with Crippen molar-refractivity contribution < 1.29 is 54.7 Å². The lowest BCUT2D eigenvalue weighted by Crippen LogP contribution is -2.68. The van der Waals surface area contributed by atoms with Crippen LogP contribution in [0.4, 0.5) is 0 Å². The summed E-state index contributed by atoms with van der Waals surface area (Å²) in [5.74, 6) is 0. The van der Waals surface area contributed by atoms with E-state index in [0.29, 0.717) is 0 Å². The van der Waals surface area contributed by atoms with Gasteiger partial charge in [0.15, 0.2) is 12.6 Å². The average Bonchev–Trinajstić information content (AvgIpc) is 3.06. The van der Waals surface area contributed by atoms with Crippen LogP contribution in [0.25, 0.3) is 0 Å². The smallest absolute Gasteiger partial charge is 0.187 e. The molecule has 15 atom stereocenters. The van der Waals surface area contributed by atoms with Gasteiger partial charge in [0.05, 0.1) is 18.8 Å². The predicted molar refractivity (Wildman–Crippen MR) is 108 cm³/mol. The van der Waals surface area contributed by atoms with Crippen molar-refractivity contribution in [3.8, 4) is 0 Å². The van der Waals surface area contributed by atoms with Gasteiger partial charge in [0, 0.05) is 18.6 Å². The van der Waals surface area contributed by atoms with E-state index in [4.69, 9.17) is 41.9 Å². The summed E-state index contributed by atoms with van der Waals surface area (Å²) in [6.45, 7) is -0.857. The zero-order chi connectivity index (χ0) is 24.6. The maximum atomic E-state index is 10.7. The first-order valence-electron chi connectivity index (χ1n) is 10.8. The highest BCUT2D eigenvalue weighted by Gasteiger charge is 2.52. The molecule has 3 fully saturated rings. The fraction of sp³-hybridized carbons (Fsp3) is 1.00. The lowest BCUT2D eigenvalue weighted by molar-refractivity contribution is -0.317. The van der Waals surface area contributed by atoms with E-state index < -0.39 is 98.4 Å². The van der Waals surface area contributed by atoms with E-state index in [1.165, 1.54) is 0 Å². The Hall–Kier alpha value is -0.600. The molecule has 0 amide bonds. The fourth-order valence-electron chi connectivity index (χ4n) is 4.39. The first kappa shape index (κ1) is 27.0. The molecule has 0 bridgehead atoms. The van der Waals surface area contributed by atoms with Gasteiger partial charge in [-0.1, -0.05) is 0 Å². The summed E-state index contributed by atoms with van der Waals surface area (Å²) in [7, 11) is 0. The lowest BCUT2D eigenvalue weighted by atomic mass is 9.84. The molecule has 1 saturated carbocycles. The molecule has 15 heteroatoms. The number of aliphatic hydroxyl groups excluding tert-OH is 7. The molecule has 0 aromatic rings.